The van der Waals surface area contributed by atoms with E-state index in [9.17, 15) is 0 Å². The molecule has 2 aliphatic rings. The average Bonchev–Trinajstić information content (AvgIpc) is 2.96. The first-order chi connectivity index (χ1) is 8.79. The van der Waals surface area contributed by atoms with Crippen LogP contribution in [0.5, 0.6) is 0 Å². The standard InChI is InChI=1S/C13H17N5/c14-8-9-3-5-16-13(12(9)15)17-10-4-7-18-6-1-2-11(10)18/h3,5,10-11H,1-2,4,6-7,15H2,(H,16,17). The van der Waals surface area contributed by atoms with E-state index in [0.717, 1.165) is 13.0 Å². The minimum atomic E-state index is 0.413. The summed E-state index contributed by atoms with van der Waals surface area (Å²) in [6, 6.07) is 4.76. The van der Waals surface area contributed by atoms with Crippen LogP contribution in [0, 0.1) is 11.3 Å². The number of fused-ring (bicyclic) bond motifs is 1. The Kier molecular flexibility index (Phi) is 2.80. The van der Waals surface area contributed by atoms with Crippen molar-refractivity contribution in [2.75, 3.05) is 24.1 Å². The van der Waals surface area contributed by atoms with Gasteiger partial charge in [0.05, 0.1) is 11.3 Å². The highest BCUT2D eigenvalue weighted by Crippen LogP contribution is 2.31. The zero-order valence-corrected chi connectivity index (χ0v) is 10.3. The van der Waals surface area contributed by atoms with Gasteiger partial charge in [-0.15, -0.1) is 0 Å². The van der Waals surface area contributed by atoms with Crippen LogP contribution in [0.3, 0.4) is 0 Å². The highest BCUT2D eigenvalue weighted by atomic mass is 15.2. The van der Waals surface area contributed by atoms with Crippen LogP contribution in [0.25, 0.3) is 0 Å². The lowest BCUT2D eigenvalue weighted by Gasteiger charge is -2.22. The number of hydrogen-bond acceptors (Lipinski definition) is 5. The molecule has 0 saturated carbocycles. The third-order valence-corrected chi connectivity index (χ3v) is 4.04. The minimum absolute atomic E-state index is 0.413. The second kappa shape index (κ2) is 4.46. The fourth-order valence-electron chi connectivity index (χ4n) is 3.11. The molecule has 0 aromatic carbocycles. The normalized spacial score (nSPS) is 26.8. The van der Waals surface area contributed by atoms with Crippen molar-refractivity contribution < 1.29 is 0 Å². The fourth-order valence-corrected chi connectivity index (χ4v) is 3.11. The van der Waals surface area contributed by atoms with Crippen molar-refractivity contribution >= 4 is 11.5 Å². The van der Waals surface area contributed by atoms with E-state index in [1.165, 1.54) is 19.4 Å². The van der Waals surface area contributed by atoms with Crippen molar-refractivity contribution in [3.8, 4) is 6.07 Å². The van der Waals surface area contributed by atoms with E-state index in [4.69, 9.17) is 11.0 Å². The molecule has 3 heterocycles. The summed E-state index contributed by atoms with van der Waals surface area (Å²) in [4.78, 5) is 6.79. The van der Waals surface area contributed by atoms with E-state index < -0.39 is 0 Å². The number of pyridine rings is 1. The number of nitrogens with two attached hydrogens (primary N) is 1. The summed E-state index contributed by atoms with van der Waals surface area (Å²) in [6.07, 6.45) is 5.29. The molecule has 2 aliphatic heterocycles. The van der Waals surface area contributed by atoms with E-state index in [2.05, 4.69) is 21.3 Å². The summed E-state index contributed by atoms with van der Waals surface area (Å²) in [6.45, 7) is 2.37. The number of nitrogens with one attached hydrogen (secondary N) is 1. The summed E-state index contributed by atoms with van der Waals surface area (Å²) in [7, 11) is 0. The molecule has 3 rings (SSSR count). The molecule has 0 aliphatic carbocycles. The molecule has 2 fully saturated rings. The lowest BCUT2D eigenvalue weighted by molar-refractivity contribution is 0.318. The molecule has 5 heteroatoms. The molecular formula is C13H17N5. The van der Waals surface area contributed by atoms with Crippen LogP contribution in [0.15, 0.2) is 12.3 Å². The second-order valence-corrected chi connectivity index (χ2v) is 5.02. The maximum atomic E-state index is 8.96. The molecular weight excluding hydrogens is 226 g/mol. The number of nitrogens with zero attached hydrogens (tertiary/aromatic N) is 3. The van der Waals surface area contributed by atoms with Crippen LogP contribution in [0.1, 0.15) is 24.8 Å². The Balaban J connectivity index is 1.79. The molecule has 0 bridgehead atoms. The molecule has 1 aromatic heterocycles. The van der Waals surface area contributed by atoms with Crippen molar-refractivity contribution in [1.82, 2.24) is 9.88 Å². The van der Waals surface area contributed by atoms with E-state index >= 15 is 0 Å². The molecule has 2 saturated heterocycles. The number of aromatic nitrogens is 1. The molecule has 0 radical (unpaired) electrons. The summed E-state index contributed by atoms with van der Waals surface area (Å²) in [5.41, 5.74) is 6.91. The second-order valence-electron chi connectivity index (χ2n) is 5.02. The maximum absolute atomic E-state index is 8.96. The fraction of sp³-hybridized carbons (Fsp3) is 0.538. The Hall–Kier alpha value is -1.80. The number of hydrogen-bond donors (Lipinski definition) is 2. The van der Waals surface area contributed by atoms with E-state index in [0.29, 0.717) is 29.2 Å². The number of rotatable bonds is 2. The van der Waals surface area contributed by atoms with E-state index in [-0.39, 0.29) is 0 Å². The van der Waals surface area contributed by atoms with Crippen molar-refractivity contribution in [2.24, 2.45) is 0 Å². The number of anilines is 2. The van der Waals surface area contributed by atoms with Gasteiger partial charge in [-0.3, -0.25) is 4.90 Å². The van der Waals surface area contributed by atoms with E-state index in [1.807, 2.05) is 0 Å². The average molecular weight is 243 g/mol. The summed E-state index contributed by atoms with van der Waals surface area (Å²) in [5.74, 6) is 0.660. The van der Waals surface area contributed by atoms with Gasteiger partial charge in [-0.1, -0.05) is 0 Å². The van der Waals surface area contributed by atoms with Crippen LogP contribution in [0.2, 0.25) is 0 Å². The smallest absolute Gasteiger partial charge is 0.150 e. The Labute approximate surface area is 107 Å². The Bertz CT molecular complexity index is 493. The van der Waals surface area contributed by atoms with Gasteiger partial charge in [0, 0.05) is 24.8 Å². The first-order valence-electron chi connectivity index (χ1n) is 6.45. The Morgan fingerprint density at radius 3 is 3.17 bits per heavy atom. The SMILES string of the molecule is N#Cc1ccnc(NC2CCN3CCCC23)c1N. The van der Waals surface area contributed by atoms with Crippen LogP contribution in [-0.2, 0) is 0 Å². The minimum Gasteiger partial charge on any atom is -0.395 e. The van der Waals surface area contributed by atoms with Gasteiger partial charge in [-0.05, 0) is 31.9 Å². The van der Waals surface area contributed by atoms with Gasteiger partial charge < -0.3 is 11.1 Å². The van der Waals surface area contributed by atoms with Gasteiger partial charge in [-0.2, -0.15) is 5.26 Å². The van der Waals surface area contributed by atoms with Gasteiger partial charge in [0.1, 0.15) is 6.07 Å². The lowest BCUT2D eigenvalue weighted by atomic mass is 10.1. The molecule has 1 aromatic rings. The first-order valence-corrected chi connectivity index (χ1v) is 6.45. The van der Waals surface area contributed by atoms with Crippen molar-refractivity contribution in [1.29, 1.82) is 5.26 Å². The highest BCUT2D eigenvalue weighted by molar-refractivity contribution is 5.69. The quantitative estimate of drug-likeness (QED) is 0.815. The number of nitrogen functional groups attached to an aromatic ring is 1. The predicted molar refractivity (Wildman–Crippen MR) is 70.0 cm³/mol. The first kappa shape index (κ1) is 11.3. The Morgan fingerprint density at radius 2 is 2.33 bits per heavy atom. The Morgan fingerprint density at radius 1 is 1.44 bits per heavy atom. The highest BCUT2D eigenvalue weighted by Gasteiger charge is 2.37. The molecule has 5 nitrogen and oxygen atoms in total. The topological polar surface area (TPSA) is 78.0 Å². The van der Waals surface area contributed by atoms with Crippen molar-refractivity contribution in [3.05, 3.63) is 17.8 Å². The van der Waals surface area contributed by atoms with Crippen LogP contribution >= 0.6 is 0 Å². The molecule has 0 amide bonds. The molecule has 2 unspecified atom stereocenters. The van der Waals surface area contributed by atoms with Crippen molar-refractivity contribution in [2.45, 2.75) is 31.3 Å². The third-order valence-electron chi connectivity index (χ3n) is 4.04. The van der Waals surface area contributed by atoms with Gasteiger partial charge in [-0.25, -0.2) is 4.98 Å². The monoisotopic (exact) mass is 243 g/mol. The van der Waals surface area contributed by atoms with Crippen LogP contribution in [-0.4, -0.2) is 35.1 Å². The number of nitriles is 1. The maximum Gasteiger partial charge on any atom is 0.150 e. The molecule has 2 atom stereocenters. The summed E-state index contributed by atoms with van der Waals surface area (Å²) < 4.78 is 0. The zero-order valence-electron chi connectivity index (χ0n) is 10.3. The lowest BCUT2D eigenvalue weighted by Crippen LogP contribution is -2.34. The largest absolute Gasteiger partial charge is 0.395 e. The van der Waals surface area contributed by atoms with Gasteiger partial charge >= 0.3 is 0 Å². The predicted octanol–water partition coefficient (Wildman–Crippen LogP) is 1.18. The summed E-state index contributed by atoms with van der Waals surface area (Å²) >= 11 is 0. The molecule has 0 spiro atoms. The molecule has 3 N–H and O–H groups in total. The van der Waals surface area contributed by atoms with Gasteiger partial charge in [0.15, 0.2) is 5.82 Å². The van der Waals surface area contributed by atoms with Crippen molar-refractivity contribution in [3.63, 3.8) is 0 Å². The van der Waals surface area contributed by atoms with Gasteiger partial charge in [0.2, 0.25) is 0 Å². The van der Waals surface area contributed by atoms with E-state index in [1.54, 1.807) is 12.3 Å². The third kappa shape index (κ3) is 1.79. The zero-order chi connectivity index (χ0) is 12.5. The molecule has 94 valence electrons. The summed E-state index contributed by atoms with van der Waals surface area (Å²) in [5, 5.41) is 12.4. The van der Waals surface area contributed by atoms with Crippen LogP contribution in [0.4, 0.5) is 11.5 Å². The molecule has 18 heavy (non-hydrogen) atoms. The van der Waals surface area contributed by atoms with Crippen LogP contribution < -0.4 is 11.1 Å². The van der Waals surface area contributed by atoms with Gasteiger partial charge in [0.25, 0.3) is 0 Å².